The molecule has 3 N–H and O–H groups in total. The third-order valence-electron chi connectivity index (χ3n) is 16.1. The Kier molecular flexibility index (Phi) is 65.4. The average Bonchev–Trinajstić information content (AvgIpc) is 3.44. The van der Waals surface area contributed by atoms with E-state index in [0.29, 0.717) is 19.4 Å². The predicted octanol–water partition coefficient (Wildman–Crippen LogP) is 22.5. The number of aliphatic hydroxyl groups excluding tert-OH is 2. The van der Waals surface area contributed by atoms with Crippen molar-refractivity contribution in [2.45, 2.75) is 386 Å². The van der Waals surface area contributed by atoms with Crippen LogP contribution in [0.15, 0.2) is 48.6 Å². The van der Waals surface area contributed by atoms with Crippen molar-refractivity contribution >= 4 is 11.9 Å². The Hall–Kier alpha value is -2.18. The van der Waals surface area contributed by atoms with E-state index in [1.807, 2.05) is 6.08 Å². The number of ether oxygens (including phenoxy) is 1. The van der Waals surface area contributed by atoms with Crippen molar-refractivity contribution in [3.63, 3.8) is 0 Å². The van der Waals surface area contributed by atoms with Gasteiger partial charge in [0, 0.05) is 12.8 Å². The van der Waals surface area contributed by atoms with Gasteiger partial charge in [-0.3, -0.25) is 9.59 Å². The molecule has 0 aliphatic heterocycles. The summed E-state index contributed by atoms with van der Waals surface area (Å²) in [6, 6.07) is -0.627. The number of carbonyl (C=O) groups is 2. The van der Waals surface area contributed by atoms with Crippen LogP contribution in [0, 0.1) is 0 Å². The summed E-state index contributed by atoms with van der Waals surface area (Å²) in [7, 11) is 0. The van der Waals surface area contributed by atoms with Crippen molar-refractivity contribution in [1.82, 2.24) is 5.32 Å². The number of hydrogen-bond acceptors (Lipinski definition) is 5. The molecular formula is C72H135NO5. The molecule has 6 heteroatoms. The second kappa shape index (κ2) is 67.3. The lowest BCUT2D eigenvalue weighted by Crippen LogP contribution is -2.45. The van der Waals surface area contributed by atoms with Gasteiger partial charge >= 0.3 is 5.97 Å². The van der Waals surface area contributed by atoms with E-state index in [0.717, 1.165) is 51.4 Å². The normalized spacial score (nSPS) is 12.8. The zero-order valence-corrected chi connectivity index (χ0v) is 52.4. The van der Waals surface area contributed by atoms with Crippen LogP contribution in [0.3, 0.4) is 0 Å². The van der Waals surface area contributed by atoms with Crippen LogP contribution in [-0.2, 0) is 14.3 Å². The first-order valence-electron chi connectivity index (χ1n) is 34.9. The Morgan fingerprint density at radius 2 is 0.654 bits per heavy atom. The van der Waals surface area contributed by atoms with Crippen LogP contribution in [0.2, 0.25) is 0 Å². The van der Waals surface area contributed by atoms with E-state index < -0.39 is 12.1 Å². The maximum atomic E-state index is 12.5. The lowest BCUT2D eigenvalue weighted by Gasteiger charge is -2.20. The molecule has 0 saturated heterocycles. The quantitative estimate of drug-likeness (QED) is 0.0320. The van der Waals surface area contributed by atoms with E-state index in [1.165, 1.54) is 295 Å². The van der Waals surface area contributed by atoms with Gasteiger partial charge in [-0.1, -0.05) is 326 Å². The minimum absolute atomic E-state index is 0.00268. The number of rotatable bonds is 65. The summed E-state index contributed by atoms with van der Waals surface area (Å²) in [5.74, 6) is -0.0612. The predicted molar refractivity (Wildman–Crippen MR) is 342 cm³/mol. The van der Waals surface area contributed by atoms with Crippen molar-refractivity contribution in [3.05, 3.63) is 48.6 Å². The van der Waals surface area contributed by atoms with Gasteiger partial charge in [-0.25, -0.2) is 0 Å². The van der Waals surface area contributed by atoms with E-state index in [-0.39, 0.29) is 18.5 Å². The summed E-state index contributed by atoms with van der Waals surface area (Å²) < 4.78 is 5.48. The number of allylic oxidation sites excluding steroid dienone is 7. The molecule has 1 amide bonds. The molecule has 0 aromatic heterocycles. The van der Waals surface area contributed by atoms with Crippen LogP contribution in [-0.4, -0.2) is 47.4 Å². The molecule has 0 aromatic rings. The number of esters is 1. The van der Waals surface area contributed by atoms with E-state index in [4.69, 9.17) is 4.74 Å². The van der Waals surface area contributed by atoms with Crippen LogP contribution >= 0.6 is 0 Å². The third kappa shape index (κ3) is 63.0. The Labute approximate surface area is 486 Å². The van der Waals surface area contributed by atoms with Gasteiger partial charge in [0.15, 0.2) is 0 Å². The molecule has 0 aliphatic carbocycles. The van der Waals surface area contributed by atoms with Crippen LogP contribution in [0.4, 0.5) is 0 Å². The molecule has 0 aromatic carbocycles. The molecule has 0 saturated carbocycles. The van der Waals surface area contributed by atoms with Gasteiger partial charge in [0.1, 0.15) is 0 Å². The fraction of sp³-hybridized carbons (Fsp3) is 0.861. The highest BCUT2D eigenvalue weighted by atomic mass is 16.5. The van der Waals surface area contributed by atoms with E-state index in [9.17, 15) is 19.8 Å². The second-order valence-electron chi connectivity index (χ2n) is 23.9. The maximum absolute atomic E-state index is 12.5. The van der Waals surface area contributed by atoms with Gasteiger partial charge in [0.2, 0.25) is 5.91 Å². The van der Waals surface area contributed by atoms with Crippen LogP contribution in [0.5, 0.6) is 0 Å². The summed E-state index contributed by atoms with van der Waals surface area (Å²) in [4.78, 5) is 24.5. The van der Waals surface area contributed by atoms with Gasteiger partial charge in [0.05, 0.1) is 25.4 Å². The van der Waals surface area contributed by atoms with Crippen molar-refractivity contribution in [3.8, 4) is 0 Å². The van der Waals surface area contributed by atoms with Gasteiger partial charge in [-0.05, 0) is 83.5 Å². The summed E-state index contributed by atoms with van der Waals surface area (Å²) >= 11 is 0. The molecule has 0 fully saturated rings. The highest BCUT2D eigenvalue weighted by Gasteiger charge is 2.18. The third-order valence-corrected chi connectivity index (χ3v) is 16.1. The molecular weight excluding hydrogens is 959 g/mol. The Balaban J connectivity index is 3.38. The summed E-state index contributed by atoms with van der Waals surface area (Å²) in [5.41, 5.74) is 0. The topological polar surface area (TPSA) is 95.9 Å². The minimum Gasteiger partial charge on any atom is -0.466 e. The first-order valence-corrected chi connectivity index (χ1v) is 34.9. The largest absolute Gasteiger partial charge is 0.466 e. The molecule has 2 unspecified atom stereocenters. The molecule has 2 atom stereocenters. The van der Waals surface area contributed by atoms with Gasteiger partial charge < -0.3 is 20.3 Å². The second-order valence-corrected chi connectivity index (χ2v) is 23.9. The Bertz CT molecular complexity index is 1310. The lowest BCUT2D eigenvalue weighted by molar-refractivity contribution is -0.143. The van der Waals surface area contributed by atoms with E-state index >= 15 is 0 Å². The fourth-order valence-electron chi connectivity index (χ4n) is 10.7. The molecule has 458 valence electrons. The number of carbonyl (C=O) groups excluding carboxylic acids is 2. The molecule has 0 bridgehead atoms. The molecule has 6 nitrogen and oxygen atoms in total. The first-order chi connectivity index (χ1) is 38.5. The highest BCUT2D eigenvalue weighted by Crippen LogP contribution is 2.18. The smallest absolute Gasteiger partial charge is 0.305 e. The average molecular weight is 1090 g/mol. The molecule has 0 rings (SSSR count). The van der Waals surface area contributed by atoms with Gasteiger partial charge in [0.25, 0.3) is 0 Å². The Morgan fingerprint density at radius 1 is 0.359 bits per heavy atom. The number of unbranched alkanes of at least 4 members (excludes halogenated alkanes) is 48. The standard InChI is InChI=1S/C72H135NO5/c1-3-5-7-9-11-13-15-17-19-37-40-44-48-52-56-60-64-70(75)69(68-74)73-71(76)65-61-57-53-49-45-41-38-35-33-31-29-27-25-23-21-20-22-24-26-28-30-32-34-36-39-43-47-51-55-59-63-67-78-72(77)66-62-58-54-50-46-42-18-16-14-12-10-8-6-4-2/h10,12,16,18,22,24,60,64,69-70,74-75H,3-9,11,13-15,17,19-21,23,25-59,61-63,65-68H2,1-2H3,(H,73,76)/b12-10-,18-16-,24-22-,64-60+. The van der Waals surface area contributed by atoms with Crippen LogP contribution in [0.1, 0.15) is 373 Å². The number of hydrogen-bond donors (Lipinski definition) is 3. The van der Waals surface area contributed by atoms with E-state index in [1.54, 1.807) is 6.08 Å². The van der Waals surface area contributed by atoms with Crippen LogP contribution in [0.25, 0.3) is 0 Å². The molecule has 78 heavy (non-hydrogen) atoms. The van der Waals surface area contributed by atoms with E-state index in [2.05, 4.69) is 55.6 Å². The van der Waals surface area contributed by atoms with Crippen molar-refractivity contribution in [2.24, 2.45) is 0 Å². The zero-order chi connectivity index (χ0) is 56.4. The fourth-order valence-corrected chi connectivity index (χ4v) is 10.7. The summed E-state index contributed by atoms with van der Waals surface area (Å²) in [6.45, 7) is 4.88. The molecule has 0 heterocycles. The van der Waals surface area contributed by atoms with Crippen molar-refractivity contribution < 1.29 is 24.5 Å². The van der Waals surface area contributed by atoms with Crippen molar-refractivity contribution in [1.29, 1.82) is 0 Å². The summed E-state index contributed by atoms with van der Waals surface area (Å²) in [5, 5.41) is 23.2. The SMILES string of the molecule is CCCC/C=C\C/C=C\CCCCCCCC(=O)OCCCCCCCCCCCCCC/C=C\CCCCCCCCCCCCCCCCCC(=O)NC(CO)C(O)/C=C/CCCCCCCCCCCCCCCC. The first kappa shape index (κ1) is 75.8. The highest BCUT2D eigenvalue weighted by molar-refractivity contribution is 5.76. The van der Waals surface area contributed by atoms with Crippen molar-refractivity contribution in [2.75, 3.05) is 13.2 Å². The van der Waals surface area contributed by atoms with Crippen LogP contribution < -0.4 is 5.32 Å². The Morgan fingerprint density at radius 3 is 1.03 bits per heavy atom. The monoisotopic (exact) mass is 1090 g/mol. The maximum Gasteiger partial charge on any atom is 0.305 e. The zero-order valence-electron chi connectivity index (χ0n) is 52.4. The molecule has 0 radical (unpaired) electrons. The molecule has 0 spiro atoms. The lowest BCUT2D eigenvalue weighted by atomic mass is 10.0. The van der Waals surface area contributed by atoms with Gasteiger partial charge in [-0.15, -0.1) is 0 Å². The molecule has 0 aliphatic rings. The summed E-state index contributed by atoms with van der Waals surface area (Å²) in [6.07, 6.45) is 87.6. The minimum atomic E-state index is -0.843. The van der Waals surface area contributed by atoms with Gasteiger partial charge in [-0.2, -0.15) is 0 Å². The number of amides is 1. The number of aliphatic hydroxyl groups is 2. The number of nitrogens with one attached hydrogen (secondary N) is 1.